The number of aromatic hydroxyl groups is 1. The number of nitro benzene ring substituents is 1. The van der Waals surface area contributed by atoms with Gasteiger partial charge in [0, 0.05) is 19.2 Å². The summed E-state index contributed by atoms with van der Waals surface area (Å²) in [5, 5.41) is 32.4. The van der Waals surface area contributed by atoms with E-state index in [9.17, 15) is 29.8 Å². The minimum absolute atomic E-state index is 0.171. The third-order valence-electron chi connectivity index (χ3n) is 8.99. The van der Waals surface area contributed by atoms with Crippen molar-refractivity contribution in [1.82, 2.24) is 0 Å². The Bertz CT molecular complexity index is 1500. The number of fused-ring (bicyclic) bond motifs is 3. The molecule has 2 aliphatic heterocycles. The second-order valence-electron chi connectivity index (χ2n) is 11.7. The van der Waals surface area contributed by atoms with Gasteiger partial charge in [0.2, 0.25) is 11.8 Å². The van der Waals surface area contributed by atoms with E-state index in [-0.39, 0.29) is 24.3 Å². The molecule has 2 aromatic rings. The predicted molar refractivity (Wildman–Crippen MR) is 162 cm³/mol. The number of nitrogens with zero attached hydrogens (tertiary/aromatic N) is 2. The van der Waals surface area contributed by atoms with Crippen molar-refractivity contribution in [2.45, 2.75) is 58.9 Å². The Morgan fingerprint density at radius 3 is 2.56 bits per heavy atom. The second kappa shape index (κ2) is 12.4. The number of rotatable bonds is 9. The molecule has 4 atom stereocenters. The summed E-state index contributed by atoms with van der Waals surface area (Å²) in [4.78, 5) is 39.5. The molecule has 43 heavy (non-hydrogen) atoms. The molecule has 0 radical (unpaired) electrons. The molecule has 0 saturated carbocycles. The fourth-order valence-electron chi connectivity index (χ4n) is 7.05. The molecule has 226 valence electrons. The summed E-state index contributed by atoms with van der Waals surface area (Å²) in [5.41, 5.74) is 5.59. The number of benzene rings is 2. The van der Waals surface area contributed by atoms with Crippen LogP contribution >= 0.6 is 0 Å². The quantitative estimate of drug-likeness (QED) is 0.135. The van der Waals surface area contributed by atoms with E-state index in [1.807, 2.05) is 26.0 Å². The number of phenols is 1. The lowest BCUT2D eigenvalue weighted by molar-refractivity contribution is -0.384. The van der Waals surface area contributed by atoms with Gasteiger partial charge in [-0.3, -0.25) is 19.7 Å². The van der Waals surface area contributed by atoms with Gasteiger partial charge in [0.15, 0.2) is 0 Å². The van der Waals surface area contributed by atoms with Gasteiger partial charge in [0.05, 0.1) is 35.2 Å². The topological polar surface area (TPSA) is 139 Å². The fraction of sp³-hybridized carbons (Fsp3) is 0.438. The smallest absolute Gasteiger partial charge is 0.455 e. The highest BCUT2D eigenvalue weighted by Crippen LogP contribution is 2.51. The molecule has 0 aromatic heterocycles. The first-order chi connectivity index (χ1) is 20.5. The molecule has 11 heteroatoms. The van der Waals surface area contributed by atoms with Gasteiger partial charge >= 0.3 is 7.12 Å². The van der Waals surface area contributed by atoms with E-state index in [1.54, 1.807) is 7.11 Å². The van der Waals surface area contributed by atoms with Crippen molar-refractivity contribution in [2.24, 2.45) is 17.8 Å². The summed E-state index contributed by atoms with van der Waals surface area (Å²) < 4.78 is 11.6. The molecule has 10 nitrogen and oxygen atoms in total. The molecule has 0 unspecified atom stereocenters. The number of nitro groups is 1. The highest BCUT2D eigenvalue weighted by Gasteiger charge is 2.57. The molecule has 1 aliphatic carbocycles. The Morgan fingerprint density at radius 1 is 1.19 bits per heavy atom. The molecular weight excluding hydrogens is 551 g/mol. The number of aryl methyl sites for hydroxylation is 2. The lowest BCUT2D eigenvalue weighted by atomic mass is 9.58. The van der Waals surface area contributed by atoms with Crippen LogP contribution in [-0.4, -0.2) is 53.8 Å². The first kappa shape index (κ1) is 30.7. The zero-order valence-corrected chi connectivity index (χ0v) is 24.9. The number of allylic oxidation sites excluding steroid dienone is 1. The summed E-state index contributed by atoms with van der Waals surface area (Å²) in [6.07, 6.45) is 4.20. The van der Waals surface area contributed by atoms with Gasteiger partial charge in [-0.05, 0) is 97.8 Å². The minimum atomic E-state index is -1.10. The molecule has 5 rings (SSSR count). The van der Waals surface area contributed by atoms with Crippen molar-refractivity contribution < 1.29 is 34.0 Å². The first-order valence-corrected chi connectivity index (χ1v) is 14.7. The average Bonchev–Trinajstić information content (AvgIpc) is 3.22. The third-order valence-corrected chi connectivity index (χ3v) is 8.99. The van der Waals surface area contributed by atoms with Crippen LogP contribution in [0.1, 0.15) is 49.3 Å². The molecule has 0 spiro atoms. The zero-order chi connectivity index (χ0) is 31.0. The van der Waals surface area contributed by atoms with E-state index in [1.165, 1.54) is 29.8 Å². The number of non-ortho nitro benzene ring substituents is 1. The number of hydrogen-bond donors (Lipinski definition) is 2. The average molecular weight is 588 g/mol. The number of imide groups is 1. The normalized spacial score (nSPS) is 24.0. The molecule has 2 amide bonds. The Morgan fingerprint density at radius 2 is 1.91 bits per heavy atom. The number of methoxy groups -OCH3 is 1. The number of carbonyl (C=O) groups excluding carboxylic acids is 2. The lowest BCUT2D eigenvalue weighted by Gasteiger charge is -2.43. The first-order valence-electron chi connectivity index (χ1n) is 14.7. The van der Waals surface area contributed by atoms with Crippen molar-refractivity contribution >= 4 is 36.4 Å². The Balaban J connectivity index is 1.44. The predicted octanol–water partition coefficient (Wildman–Crippen LogP) is 5.14. The standard InChI is InChI=1S/C32H37BN2O8/c1-5-20(13-21-11-18(2)30(36)19(3)12-21)9-10-27-28-22(17-42-4)14-25-29(26(28)16-33(39)43-27)32(38)34(31(25)37)23-7-6-8-24(15-23)35(40)41/h6-8,11-13,15,25-27,29,36,39H,5,9-10,14,16-17H2,1-4H3/b20-13+/t25-,26+,27-,29-/m1/s1. The highest BCUT2D eigenvalue weighted by molar-refractivity contribution is 6.43. The van der Waals surface area contributed by atoms with Gasteiger partial charge in [-0.2, -0.15) is 0 Å². The van der Waals surface area contributed by atoms with E-state index in [2.05, 4.69) is 13.0 Å². The molecule has 2 N–H and O–H groups in total. The monoisotopic (exact) mass is 588 g/mol. The number of ether oxygens (including phenoxy) is 1. The number of amides is 2. The van der Waals surface area contributed by atoms with Gasteiger partial charge < -0.3 is 19.5 Å². The van der Waals surface area contributed by atoms with Crippen molar-refractivity contribution in [1.29, 1.82) is 0 Å². The maximum Gasteiger partial charge on any atom is 0.455 e. The van der Waals surface area contributed by atoms with Gasteiger partial charge in [-0.25, -0.2) is 4.90 Å². The van der Waals surface area contributed by atoms with Crippen LogP contribution in [0.4, 0.5) is 11.4 Å². The Labute approximate surface area is 251 Å². The van der Waals surface area contributed by atoms with Crippen LogP contribution in [0.15, 0.2) is 53.1 Å². The SMILES string of the molecule is CC/C(=C\c1cc(C)c(O)c(C)c1)CC[C@H]1OB(O)C[C@H]2C1=C(COC)C[C@H]1C(=O)N(c3cccc([N+](=O)[O-])c3)C(=O)[C@H]12. The van der Waals surface area contributed by atoms with Crippen LogP contribution in [0, 0.1) is 41.7 Å². The summed E-state index contributed by atoms with van der Waals surface area (Å²) >= 11 is 0. The van der Waals surface area contributed by atoms with Crippen molar-refractivity contribution in [2.75, 3.05) is 18.6 Å². The molecule has 2 fully saturated rings. The molecule has 0 bridgehead atoms. The van der Waals surface area contributed by atoms with Gasteiger partial charge in [-0.15, -0.1) is 0 Å². The van der Waals surface area contributed by atoms with E-state index in [0.29, 0.717) is 25.0 Å². The number of anilines is 1. The number of hydrogen-bond acceptors (Lipinski definition) is 8. The Kier molecular flexibility index (Phi) is 8.87. The molecule has 2 aromatic carbocycles. The molecule has 2 saturated heterocycles. The van der Waals surface area contributed by atoms with Crippen LogP contribution in [0.25, 0.3) is 6.08 Å². The summed E-state index contributed by atoms with van der Waals surface area (Å²) in [6, 6.07) is 9.46. The molecule has 3 aliphatic rings. The number of carbonyl (C=O) groups is 2. The summed E-state index contributed by atoms with van der Waals surface area (Å²) in [7, 11) is 0.478. The van der Waals surface area contributed by atoms with Crippen molar-refractivity contribution in [3.05, 3.63) is 79.9 Å². The number of phenolic OH excluding ortho intramolecular Hbond substituents is 1. The highest BCUT2D eigenvalue weighted by atomic mass is 16.6. The second-order valence-corrected chi connectivity index (χ2v) is 11.7. The van der Waals surface area contributed by atoms with Crippen LogP contribution in [-0.2, 0) is 19.0 Å². The van der Waals surface area contributed by atoms with Gasteiger partial charge in [0.25, 0.3) is 5.69 Å². The van der Waals surface area contributed by atoms with Crippen LogP contribution < -0.4 is 4.90 Å². The van der Waals surface area contributed by atoms with E-state index in [4.69, 9.17) is 9.39 Å². The molecular formula is C32H37BN2O8. The fourth-order valence-corrected chi connectivity index (χ4v) is 7.05. The summed E-state index contributed by atoms with van der Waals surface area (Å²) in [6.45, 7) is 6.10. The largest absolute Gasteiger partial charge is 0.507 e. The lowest BCUT2D eigenvalue weighted by Crippen LogP contribution is -2.46. The van der Waals surface area contributed by atoms with Gasteiger partial charge in [0.1, 0.15) is 5.75 Å². The van der Waals surface area contributed by atoms with E-state index < -0.39 is 47.7 Å². The summed E-state index contributed by atoms with van der Waals surface area (Å²) in [5.74, 6) is -2.28. The van der Waals surface area contributed by atoms with Gasteiger partial charge in [-0.1, -0.05) is 24.6 Å². The minimum Gasteiger partial charge on any atom is -0.507 e. The maximum atomic E-state index is 13.9. The van der Waals surface area contributed by atoms with Crippen molar-refractivity contribution in [3.8, 4) is 5.75 Å². The molecule has 2 heterocycles. The van der Waals surface area contributed by atoms with Crippen LogP contribution in [0.2, 0.25) is 6.32 Å². The van der Waals surface area contributed by atoms with E-state index in [0.717, 1.165) is 39.2 Å². The van der Waals surface area contributed by atoms with Crippen molar-refractivity contribution in [3.63, 3.8) is 0 Å². The van der Waals surface area contributed by atoms with Crippen LogP contribution in [0.3, 0.4) is 0 Å². The van der Waals surface area contributed by atoms with E-state index >= 15 is 0 Å². The third kappa shape index (κ3) is 5.89. The maximum absolute atomic E-state index is 13.9. The van der Waals surface area contributed by atoms with Crippen LogP contribution in [0.5, 0.6) is 5.75 Å². The zero-order valence-electron chi connectivity index (χ0n) is 24.9. The Hall–Kier alpha value is -3.80.